The maximum absolute atomic E-state index is 7.51. The molecular formula is C38H45NO3Si. The van der Waals surface area contributed by atoms with Crippen molar-refractivity contribution in [2.75, 3.05) is 13.2 Å². The fraction of sp³-hybridized carbons (Fsp3) is 0.368. The molecule has 224 valence electrons. The third-order valence-corrected chi connectivity index (χ3v) is 14.3. The van der Waals surface area contributed by atoms with Gasteiger partial charge in [0.1, 0.15) is 12.2 Å². The van der Waals surface area contributed by atoms with Crippen molar-refractivity contribution in [2.45, 2.75) is 76.2 Å². The van der Waals surface area contributed by atoms with Crippen molar-refractivity contribution in [2.24, 2.45) is 0 Å². The van der Waals surface area contributed by atoms with Crippen molar-refractivity contribution >= 4 is 18.7 Å². The Hall–Kier alpha value is -3.06. The van der Waals surface area contributed by atoms with Gasteiger partial charge in [0.05, 0.1) is 25.9 Å². The lowest BCUT2D eigenvalue weighted by Crippen LogP contribution is -2.67. The van der Waals surface area contributed by atoms with Crippen molar-refractivity contribution in [3.63, 3.8) is 0 Å². The van der Waals surface area contributed by atoms with Gasteiger partial charge < -0.3 is 13.9 Å². The van der Waals surface area contributed by atoms with Gasteiger partial charge in [0.25, 0.3) is 8.32 Å². The Bertz CT molecular complexity index is 1370. The smallest absolute Gasteiger partial charge is 0.261 e. The molecule has 2 aliphatic rings. The molecule has 6 rings (SSSR count). The summed E-state index contributed by atoms with van der Waals surface area (Å²) >= 11 is 0. The van der Waals surface area contributed by atoms with Gasteiger partial charge in [-0.15, -0.1) is 0 Å². The van der Waals surface area contributed by atoms with E-state index in [9.17, 15) is 0 Å². The molecule has 0 radical (unpaired) electrons. The molecule has 0 spiro atoms. The van der Waals surface area contributed by atoms with Crippen LogP contribution < -0.4 is 10.4 Å². The summed E-state index contributed by atoms with van der Waals surface area (Å²) < 4.78 is 21.2. The molecule has 0 unspecified atom stereocenters. The minimum Gasteiger partial charge on any atom is -0.406 e. The van der Waals surface area contributed by atoms with Crippen molar-refractivity contribution in [1.82, 2.24) is 4.90 Å². The molecule has 4 nitrogen and oxygen atoms in total. The highest BCUT2D eigenvalue weighted by Crippen LogP contribution is 2.41. The van der Waals surface area contributed by atoms with E-state index in [0.717, 1.165) is 13.0 Å². The van der Waals surface area contributed by atoms with E-state index in [1.54, 1.807) is 0 Å². The second-order valence-electron chi connectivity index (χ2n) is 13.0. The Labute approximate surface area is 258 Å². The number of nitrogens with zero attached hydrogens (tertiary/aromatic N) is 1. The maximum atomic E-state index is 7.51. The van der Waals surface area contributed by atoms with Crippen LogP contribution in [0.3, 0.4) is 0 Å². The van der Waals surface area contributed by atoms with Gasteiger partial charge in [0.15, 0.2) is 0 Å². The van der Waals surface area contributed by atoms with Gasteiger partial charge in [-0.3, -0.25) is 4.90 Å². The van der Waals surface area contributed by atoms with Gasteiger partial charge in [-0.25, -0.2) is 0 Å². The Balaban J connectivity index is 1.33. The SMILES string of the molecule is CC(C)(C)[Si](OC[C@@H]1[C@@H](OCc2ccccc2)[C@H](OCc2ccccc2)[C@@H]2CCCN12)(c1ccccc1)c1ccccc1. The lowest BCUT2D eigenvalue weighted by molar-refractivity contribution is -0.0830. The van der Waals surface area contributed by atoms with E-state index in [1.165, 1.54) is 27.9 Å². The predicted molar refractivity (Wildman–Crippen MR) is 177 cm³/mol. The first-order valence-electron chi connectivity index (χ1n) is 15.8. The summed E-state index contributed by atoms with van der Waals surface area (Å²) in [7, 11) is -2.69. The quantitative estimate of drug-likeness (QED) is 0.184. The molecule has 2 saturated heterocycles. The summed E-state index contributed by atoms with van der Waals surface area (Å²) in [6, 6.07) is 43.4. The van der Waals surface area contributed by atoms with Crippen LogP contribution >= 0.6 is 0 Å². The molecule has 0 bridgehead atoms. The zero-order chi connectivity index (χ0) is 29.7. The second kappa shape index (κ2) is 13.3. The van der Waals surface area contributed by atoms with E-state index in [-0.39, 0.29) is 23.3 Å². The number of rotatable bonds is 11. The molecule has 0 N–H and O–H groups in total. The van der Waals surface area contributed by atoms with Crippen LogP contribution in [0.4, 0.5) is 0 Å². The van der Waals surface area contributed by atoms with E-state index in [2.05, 4.69) is 147 Å². The maximum Gasteiger partial charge on any atom is 0.261 e. The number of fused-ring (bicyclic) bond motifs is 1. The lowest BCUT2D eigenvalue weighted by atomic mass is 10.0. The molecule has 0 saturated carbocycles. The Morgan fingerprint density at radius 3 is 1.60 bits per heavy atom. The molecule has 43 heavy (non-hydrogen) atoms. The third kappa shape index (κ3) is 6.28. The molecule has 5 heteroatoms. The number of hydrogen-bond donors (Lipinski definition) is 0. The topological polar surface area (TPSA) is 30.9 Å². The van der Waals surface area contributed by atoms with Crippen LogP contribution in [-0.2, 0) is 27.1 Å². The number of hydrogen-bond acceptors (Lipinski definition) is 4. The van der Waals surface area contributed by atoms with Crippen molar-refractivity contribution in [3.8, 4) is 0 Å². The normalized spacial score (nSPS) is 22.5. The standard InChI is InChI=1S/C38H45NO3Si/c1-38(2,3)43(32-21-12-6-13-22-32,33-23-14-7-15-24-33)42-29-35-37(41-28-31-19-10-5-11-20-31)36(34-25-16-26-39(34)35)40-27-30-17-8-4-9-18-30/h4-15,17-24,34-37H,16,25-29H2,1-3H3/t34-,35+,36+,37+/m0/s1. The summed E-state index contributed by atoms with van der Waals surface area (Å²) in [6.45, 7) is 9.85. The summed E-state index contributed by atoms with van der Waals surface area (Å²) in [4.78, 5) is 2.64. The lowest BCUT2D eigenvalue weighted by Gasteiger charge is -2.44. The van der Waals surface area contributed by atoms with Crippen LogP contribution in [0.1, 0.15) is 44.7 Å². The van der Waals surface area contributed by atoms with Gasteiger partial charge >= 0.3 is 0 Å². The molecule has 2 heterocycles. The van der Waals surface area contributed by atoms with Crippen LogP contribution in [0.2, 0.25) is 5.04 Å². The van der Waals surface area contributed by atoms with Gasteiger partial charge in [0, 0.05) is 6.04 Å². The van der Waals surface area contributed by atoms with Crippen LogP contribution in [-0.4, -0.2) is 50.7 Å². The minimum atomic E-state index is -2.69. The van der Waals surface area contributed by atoms with Crippen LogP contribution in [0, 0.1) is 0 Å². The first-order valence-corrected chi connectivity index (χ1v) is 17.7. The van der Waals surface area contributed by atoms with Gasteiger partial charge in [-0.2, -0.15) is 0 Å². The van der Waals surface area contributed by atoms with Gasteiger partial charge in [-0.05, 0) is 45.9 Å². The van der Waals surface area contributed by atoms with E-state index in [4.69, 9.17) is 13.9 Å². The third-order valence-electron chi connectivity index (χ3n) is 9.31. The molecule has 4 aromatic carbocycles. The fourth-order valence-corrected chi connectivity index (χ4v) is 11.9. The Morgan fingerprint density at radius 1 is 0.651 bits per heavy atom. The molecule has 0 aromatic heterocycles. The van der Waals surface area contributed by atoms with Gasteiger partial charge in [-0.1, -0.05) is 142 Å². The summed E-state index contributed by atoms with van der Waals surface area (Å²) in [6.07, 6.45) is 2.20. The minimum absolute atomic E-state index is 0.0147. The van der Waals surface area contributed by atoms with E-state index in [1.807, 2.05) is 0 Å². The van der Waals surface area contributed by atoms with Crippen molar-refractivity contribution in [1.29, 1.82) is 0 Å². The fourth-order valence-electron chi connectivity index (χ4n) is 7.31. The monoisotopic (exact) mass is 591 g/mol. The van der Waals surface area contributed by atoms with Crippen LogP contribution in [0.5, 0.6) is 0 Å². The molecular weight excluding hydrogens is 547 g/mol. The predicted octanol–water partition coefficient (Wildman–Crippen LogP) is 6.58. The zero-order valence-electron chi connectivity index (χ0n) is 25.8. The number of ether oxygens (including phenoxy) is 2. The first-order chi connectivity index (χ1) is 21.0. The number of benzene rings is 4. The molecule has 0 amide bonds. The van der Waals surface area contributed by atoms with Crippen molar-refractivity contribution in [3.05, 3.63) is 132 Å². The molecule has 2 aliphatic heterocycles. The Kier molecular flexibility index (Phi) is 9.27. The average Bonchev–Trinajstić information content (AvgIpc) is 3.62. The average molecular weight is 592 g/mol. The van der Waals surface area contributed by atoms with E-state index >= 15 is 0 Å². The van der Waals surface area contributed by atoms with E-state index < -0.39 is 8.32 Å². The largest absolute Gasteiger partial charge is 0.406 e. The highest BCUT2D eigenvalue weighted by atomic mass is 28.4. The van der Waals surface area contributed by atoms with Crippen molar-refractivity contribution < 1.29 is 13.9 Å². The second-order valence-corrected chi connectivity index (χ2v) is 17.3. The van der Waals surface area contributed by atoms with Gasteiger partial charge in [0.2, 0.25) is 0 Å². The molecule has 2 fully saturated rings. The highest BCUT2D eigenvalue weighted by Gasteiger charge is 2.55. The zero-order valence-corrected chi connectivity index (χ0v) is 26.8. The van der Waals surface area contributed by atoms with E-state index in [0.29, 0.717) is 25.9 Å². The summed E-state index contributed by atoms with van der Waals surface area (Å²) in [5.74, 6) is 0. The van der Waals surface area contributed by atoms with Crippen LogP contribution in [0.15, 0.2) is 121 Å². The van der Waals surface area contributed by atoms with Crippen LogP contribution in [0.25, 0.3) is 0 Å². The summed E-state index contributed by atoms with van der Waals surface area (Å²) in [5.41, 5.74) is 2.38. The molecule has 4 atom stereocenters. The molecule has 4 aromatic rings. The molecule has 0 aliphatic carbocycles. The Morgan fingerprint density at radius 2 is 1.12 bits per heavy atom. The first kappa shape index (κ1) is 30.0. The summed E-state index contributed by atoms with van der Waals surface area (Å²) in [5, 5.41) is 2.54. The highest BCUT2D eigenvalue weighted by molar-refractivity contribution is 6.99.